The topological polar surface area (TPSA) is 111 Å². The number of benzene rings is 2. The zero-order valence-electron chi connectivity index (χ0n) is 16.7. The molecule has 0 aromatic heterocycles. The minimum Gasteiger partial charge on any atom is -0.544 e. The molecule has 2 aromatic rings. The fraction of sp³-hybridized carbons (Fsp3) is 0.333. The van der Waals surface area contributed by atoms with Gasteiger partial charge >= 0.3 is 29.6 Å². The third-order valence-electron chi connectivity index (χ3n) is 3.94. The van der Waals surface area contributed by atoms with E-state index in [1.807, 2.05) is 0 Å². The number of ether oxygens (including phenoxy) is 4. The molecule has 0 amide bonds. The first-order chi connectivity index (χ1) is 12.9. The SMILES string of the molecule is COc1cc(OC)c(CC[N-]S(=O)(=O)c2ccc(OC)c(N)c2)c(OC)c1.[Na+]. The van der Waals surface area contributed by atoms with Gasteiger partial charge in [-0.2, -0.15) is 0 Å². The Balaban J connectivity index is 0.00000392. The van der Waals surface area contributed by atoms with Crippen LogP contribution >= 0.6 is 0 Å². The number of anilines is 1. The Bertz CT molecular complexity index is 880. The maximum atomic E-state index is 12.4. The predicted octanol–water partition coefficient (Wildman–Crippen LogP) is -0.388. The van der Waals surface area contributed by atoms with Crippen molar-refractivity contribution >= 4 is 15.7 Å². The van der Waals surface area contributed by atoms with Crippen molar-refractivity contribution in [2.45, 2.75) is 11.3 Å². The van der Waals surface area contributed by atoms with Crippen LogP contribution in [0.3, 0.4) is 0 Å². The molecule has 0 atom stereocenters. The van der Waals surface area contributed by atoms with Crippen LogP contribution in [0.25, 0.3) is 4.72 Å². The molecule has 0 aliphatic rings. The minimum atomic E-state index is -3.85. The molecule has 0 bridgehead atoms. The van der Waals surface area contributed by atoms with Gasteiger partial charge in [0.1, 0.15) is 33.0 Å². The fourth-order valence-electron chi connectivity index (χ4n) is 2.55. The Labute approximate surface area is 187 Å². The van der Waals surface area contributed by atoms with Crippen molar-refractivity contribution in [2.75, 3.05) is 40.7 Å². The number of nitrogens with two attached hydrogens (primary N) is 1. The molecular weight excluding hydrogens is 395 g/mol. The van der Waals surface area contributed by atoms with E-state index in [0.717, 1.165) is 0 Å². The number of hydrogen-bond acceptors (Lipinski definition) is 7. The van der Waals surface area contributed by atoms with Gasteiger partial charge in [0, 0.05) is 17.7 Å². The standard InChI is InChI=1S/C18H23N2O6S.Na/c1-23-12-9-17(25-3)14(18(10-12)26-4)7-8-20-27(21,22)13-5-6-16(24-2)15(19)11-13;/h5-6,9-11H,7-8,19H2,1-4H3;/q-1;+1. The average molecular weight is 418 g/mol. The van der Waals surface area contributed by atoms with Gasteiger partial charge in [-0.15, -0.1) is 6.54 Å². The molecule has 0 radical (unpaired) electrons. The van der Waals surface area contributed by atoms with Crippen molar-refractivity contribution in [3.63, 3.8) is 0 Å². The molecule has 0 heterocycles. The van der Waals surface area contributed by atoms with Gasteiger partial charge in [-0.05, 0) is 24.6 Å². The fourth-order valence-corrected chi connectivity index (χ4v) is 3.55. The van der Waals surface area contributed by atoms with Crippen LogP contribution in [-0.2, 0) is 16.4 Å². The van der Waals surface area contributed by atoms with Gasteiger partial charge in [0.25, 0.3) is 0 Å². The Hall–Kier alpha value is -1.65. The van der Waals surface area contributed by atoms with E-state index in [2.05, 4.69) is 4.72 Å². The normalized spacial score (nSPS) is 10.7. The molecular formula is C18H23N2NaO6S. The Morgan fingerprint density at radius 1 is 0.893 bits per heavy atom. The summed E-state index contributed by atoms with van der Waals surface area (Å²) < 4.78 is 49.7. The monoisotopic (exact) mass is 418 g/mol. The number of nitrogens with zero attached hydrogens (tertiary/aromatic N) is 1. The zero-order valence-corrected chi connectivity index (χ0v) is 19.5. The quantitative estimate of drug-likeness (QED) is 0.436. The summed E-state index contributed by atoms with van der Waals surface area (Å²) in [5.74, 6) is 2.05. The van der Waals surface area contributed by atoms with E-state index in [-0.39, 0.29) is 46.7 Å². The third kappa shape index (κ3) is 5.68. The van der Waals surface area contributed by atoms with Crippen molar-refractivity contribution in [1.82, 2.24) is 0 Å². The molecule has 0 saturated heterocycles. The zero-order chi connectivity index (χ0) is 20.0. The largest absolute Gasteiger partial charge is 1.00 e. The number of nitrogen functional groups attached to an aromatic ring is 1. The second-order valence-electron chi connectivity index (χ2n) is 5.49. The van der Waals surface area contributed by atoms with Crippen LogP contribution < -0.4 is 54.2 Å². The van der Waals surface area contributed by atoms with E-state index in [0.29, 0.717) is 35.0 Å². The maximum Gasteiger partial charge on any atom is 1.00 e. The molecule has 0 unspecified atom stereocenters. The van der Waals surface area contributed by atoms with Crippen LogP contribution in [0.1, 0.15) is 5.56 Å². The van der Waals surface area contributed by atoms with Gasteiger partial charge < -0.3 is 29.4 Å². The Kier molecular flexibility index (Phi) is 9.38. The van der Waals surface area contributed by atoms with Crippen molar-refractivity contribution in [2.24, 2.45) is 0 Å². The van der Waals surface area contributed by atoms with Crippen molar-refractivity contribution in [3.05, 3.63) is 40.6 Å². The summed E-state index contributed by atoms with van der Waals surface area (Å²) in [4.78, 5) is 0.00876. The first kappa shape index (κ1) is 24.4. The first-order valence-corrected chi connectivity index (χ1v) is 9.46. The average Bonchev–Trinajstić information content (AvgIpc) is 2.67. The molecule has 8 nitrogen and oxygen atoms in total. The van der Waals surface area contributed by atoms with E-state index in [1.54, 1.807) is 12.1 Å². The summed E-state index contributed by atoms with van der Waals surface area (Å²) in [7, 11) is 2.19. The van der Waals surface area contributed by atoms with Crippen LogP contribution in [0.2, 0.25) is 0 Å². The summed E-state index contributed by atoms with van der Waals surface area (Å²) in [6.07, 6.45) is 0.307. The summed E-state index contributed by atoms with van der Waals surface area (Å²) in [5, 5.41) is 0. The van der Waals surface area contributed by atoms with Crippen molar-refractivity contribution in [3.8, 4) is 23.0 Å². The van der Waals surface area contributed by atoms with Crippen LogP contribution in [0, 0.1) is 0 Å². The Morgan fingerprint density at radius 3 is 1.93 bits per heavy atom. The first-order valence-electron chi connectivity index (χ1n) is 8.02. The van der Waals surface area contributed by atoms with Crippen LogP contribution in [0.5, 0.6) is 23.0 Å². The van der Waals surface area contributed by atoms with Gasteiger partial charge in [0.15, 0.2) is 0 Å². The van der Waals surface area contributed by atoms with Crippen molar-refractivity contribution < 1.29 is 56.9 Å². The maximum absolute atomic E-state index is 12.4. The van der Waals surface area contributed by atoms with Gasteiger partial charge in [-0.25, -0.2) is 8.42 Å². The smallest absolute Gasteiger partial charge is 0.544 e. The van der Waals surface area contributed by atoms with E-state index in [4.69, 9.17) is 24.7 Å². The number of methoxy groups -OCH3 is 4. The van der Waals surface area contributed by atoms with Crippen molar-refractivity contribution in [1.29, 1.82) is 0 Å². The molecule has 0 aliphatic carbocycles. The van der Waals surface area contributed by atoms with Gasteiger partial charge in [-0.1, -0.05) is 0 Å². The van der Waals surface area contributed by atoms with Crippen LogP contribution in [0.4, 0.5) is 5.69 Å². The number of hydrogen-bond donors (Lipinski definition) is 1. The van der Waals surface area contributed by atoms with E-state index >= 15 is 0 Å². The number of sulfonamides is 1. The molecule has 0 saturated carbocycles. The van der Waals surface area contributed by atoms with Crippen LogP contribution in [-0.4, -0.2) is 43.4 Å². The molecule has 10 heteroatoms. The van der Waals surface area contributed by atoms with E-state index in [9.17, 15) is 8.42 Å². The molecule has 148 valence electrons. The number of rotatable bonds is 9. The van der Waals surface area contributed by atoms with E-state index < -0.39 is 10.0 Å². The molecule has 0 aliphatic heterocycles. The van der Waals surface area contributed by atoms with E-state index in [1.165, 1.54) is 46.6 Å². The summed E-state index contributed by atoms with van der Waals surface area (Å²) >= 11 is 0. The summed E-state index contributed by atoms with van der Waals surface area (Å²) in [6.45, 7) is 0.0211. The molecule has 2 N–H and O–H groups in total. The third-order valence-corrected chi connectivity index (χ3v) is 5.31. The second-order valence-corrected chi connectivity index (χ2v) is 7.17. The van der Waals surface area contributed by atoms with Gasteiger partial charge in [0.2, 0.25) is 0 Å². The molecule has 28 heavy (non-hydrogen) atoms. The summed E-state index contributed by atoms with van der Waals surface area (Å²) in [6, 6.07) is 7.63. The van der Waals surface area contributed by atoms with Crippen LogP contribution in [0.15, 0.2) is 35.2 Å². The molecule has 0 fully saturated rings. The minimum absolute atomic E-state index is 0. The second kappa shape index (κ2) is 10.8. The molecule has 2 rings (SSSR count). The Morgan fingerprint density at radius 2 is 1.46 bits per heavy atom. The molecule has 0 spiro atoms. The van der Waals surface area contributed by atoms with Gasteiger partial charge in [0.05, 0.1) is 39.0 Å². The molecule has 2 aromatic carbocycles. The predicted molar refractivity (Wildman–Crippen MR) is 103 cm³/mol. The summed E-state index contributed by atoms with van der Waals surface area (Å²) in [5.41, 5.74) is 6.71. The van der Waals surface area contributed by atoms with Gasteiger partial charge in [-0.3, -0.25) is 0 Å².